The molecule has 0 bridgehead atoms. The molecule has 2 aromatic heterocycles. The number of nitrogens with zero attached hydrogens (tertiary/aromatic N) is 2. The molecular weight excluding hydrogens is 302 g/mol. The van der Waals surface area contributed by atoms with Crippen LogP contribution in [0.4, 0.5) is 0 Å². The smallest absolute Gasteiger partial charge is 0.152 e. The van der Waals surface area contributed by atoms with Crippen LogP contribution in [0.1, 0.15) is 11.3 Å². The normalized spacial score (nSPS) is 11.1. The van der Waals surface area contributed by atoms with Crippen molar-refractivity contribution in [2.75, 3.05) is 0 Å². The maximum absolute atomic E-state index is 5.90. The molecule has 2 N–H and O–H groups in total. The Morgan fingerprint density at radius 3 is 2.63 bits per heavy atom. The summed E-state index contributed by atoms with van der Waals surface area (Å²) in [6, 6.07) is 12.3. The minimum atomic E-state index is 0.459. The summed E-state index contributed by atoms with van der Waals surface area (Å²) >= 11 is 3.53. The number of hydrogen-bond acceptors (Lipinski definition) is 2. The van der Waals surface area contributed by atoms with E-state index in [1.54, 1.807) is 0 Å². The van der Waals surface area contributed by atoms with Crippen molar-refractivity contribution in [3.63, 3.8) is 0 Å². The van der Waals surface area contributed by atoms with Gasteiger partial charge < -0.3 is 10.1 Å². The first kappa shape index (κ1) is 12.4. The number of imidazole rings is 1. The third kappa shape index (κ3) is 2.07. The molecule has 1 aromatic carbocycles. The van der Waals surface area contributed by atoms with Gasteiger partial charge in [0, 0.05) is 18.3 Å². The maximum atomic E-state index is 5.90. The summed E-state index contributed by atoms with van der Waals surface area (Å²) in [5.41, 5.74) is 11.1. The molecule has 0 spiro atoms. The Bertz CT molecular complexity index is 729. The first-order chi connectivity index (χ1) is 9.20. The minimum Gasteiger partial charge on any atom is -0.325 e. The summed E-state index contributed by atoms with van der Waals surface area (Å²) in [7, 11) is 0. The zero-order valence-corrected chi connectivity index (χ0v) is 12.2. The number of aromatic nitrogens is 2. The molecule has 0 aliphatic heterocycles. The van der Waals surface area contributed by atoms with Crippen molar-refractivity contribution in [3.8, 4) is 11.3 Å². The van der Waals surface area contributed by atoms with Gasteiger partial charge in [-0.3, -0.25) is 0 Å². The van der Waals surface area contributed by atoms with E-state index < -0.39 is 0 Å². The topological polar surface area (TPSA) is 43.3 Å². The Balaban J connectivity index is 2.29. The molecule has 0 amide bonds. The second-order valence-corrected chi connectivity index (χ2v) is 5.38. The molecule has 0 aliphatic rings. The van der Waals surface area contributed by atoms with E-state index in [2.05, 4.69) is 47.1 Å². The van der Waals surface area contributed by atoms with E-state index >= 15 is 0 Å². The lowest BCUT2D eigenvalue weighted by Gasteiger charge is -2.02. The highest BCUT2D eigenvalue weighted by molar-refractivity contribution is 9.10. The molecule has 0 radical (unpaired) electrons. The number of aryl methyl sites for hydroxylation is 1. The number of benzene rings is 1. The second kappa shape index (κ2) is 4.79. The van der Waals surface area contributed by atoms with E-state index in [-0.39, 0.29) is 0 Å². The van der Waals surface area contributed by atoms with Crippen LogP contribution in [0.2, 0.25) is 0 Å². The molecule has 4 heteroatoms. The molecule has 2 heterocycles. The highest BCUT2D eigenvalue weighted by Crippen LogP contribution is 2.27. The summed E-state index contributed by atoms with van der Waals surface area (Å²) in [6.45, 7) is 2.54. The molecular formula is C15H14BrN3. The van der Waals surface area contributed by atoms with Gasteiger partial charge in [0.15, 0.2) is 5.65 Å². The first-order valence-electron chi connectivity index (χ1n) is 6.13. The third-order valence-corrected chi connectivity index (χ3v) is 3.84. The molecule has 3 rings (SSSR count). The van der Waals surface area contributed by atoms with Crippen LogP contribution in [0.25, 0.3) is 16.9 Å². The summed E-state index contributed by atoms with van der Waals surface area (Å²) in [5.74, 6) is 0. The number of fused-ring (bicyclic) bond motifs is 1. The predicted octanol–water partition coefficient (Wildman–Crippen LogP) is 3.53. The van der Waals surface area contributed by atoms with Gasteiger partial charge in [-0.25, -0.2) is 4.98 Å². The largest absolute Gasteiger partial charge is 0.325 e. The van der Waals surface area contributed by atoms with Crippen molar-refractivity contribution in [1.29, 1.82) is 0 Å². The summed E-state index contributed by atoms with van der Waals surface area (Å²) in [5, 5.41) is 0. The molecule has 0 aliphatic carbocycles. The van der Waals surface area contributed by atoms with Crippen LogP contribution >= 0.6 is 15.9 Å². The molecule has 0 atom stereocenters. The quantitative estimate of drug-likeness (QED) is 0.786. The SMILES string of the molecule is Cc1ccc(-c2nc3c(Br)cccn3c2CN)cc1. The second-order valence-electron chi connectivity index (χ2n) is 4.53. The van der Waals surface area contributed by atoms with E-state index in [1.807, 2.05) is 22.7 Å². The van der Waals surface area contributed by atoms with Crippen molar-refractivity contribution in [2.45, 2.75) is 13.5 Å². The van der Waals surface area contributed by atoms with Gasteiger partial charge in [0.05, 0.1) is 15.9 Å². The summed E-state index contributed by atoms with van der Waals surface area (Å²) in [6.07, 6.45) is 1.99. The van der Waals surface area contributed by atoms with Gasteiger partial charge in [-0.05, 0) is 35.0 Å². The molecule has 3 nitrogen and oxygen atoms in total. The molecule has 0 fully saturated rings. The number of nitrogens with two attached hydrogens (primary N) is 1. The van der Waals surface area contributed by atoms with Gasteiger partial charge in [-0.2, -0.15) is 0 Å². The zero-order chi connectivity index (χ0) is 13.4. The Morgan fingerprint density at radius 1 is 1.21 bits per heavy atom. The van der Waals surface area contributed by atoms with Gasteiger partial charge >= 0.3 is 0 Å². The van der Waals surface area contributed by atoms with Crippen LogP contribution < -0.4 is 5.73 Å². The Hall–Kier alpha value is -1.65. The van der Waals surface area contributed by atoms with Crippen LogP contribution in [-0.4, -0.2) is 9.38 Å². The standard InChI is InChI=1S/C15H14BrN3/c1-10-4-6-11(7-5-10)14-13(9-17)19-8-2-3-12(16)15(19)18-14/h2-8H,9,17H2,1H3. The van der Waals surface area contributed by atoms with Crippen molar-refractivity contribution in [1.82, 2.24) is 9.38 Å². The van der Waals surface area contributed by atoms with E-state index in [4.69, 9.17) is 10.7 Å². The summed E-state index contributed by atoms with van der Waals surface area (Å²) < 4.78 is 3.02. The Morgan fingerprint density at radius 2 is 1.95 bits per heavy atom. The van der Waals surface area contributed by atoms with E-state index in [0.717, 1.165) is 27.1 Å². The maximum Gasteiger partial charge on any atom is 0.152 e. The van der Waals surface area contributed by atoms with Crippen molar-refractivity contribution < 1.29 is 0 Å². The van der Waals surface area contributed by atoms with E-state index in [1.165, 1.54) is 5.56 Å². The molecule has 19 heavy (non-hydrogen) atoms. The zero-order valence-electron chi connectivity index (χ0n) is 10.6. The fourth-order valence-corrected chi connectivity index (χ4v) is 2.65. The predicted molar refractivity (Wildman–Crippen MR) is 81.0 cm³/mol. The van der Waals surface area contributed by atoms with Gasteiger partial charge in [-0.15, -0.1) is 0 Å². The van der Waals surface area contributed by atoms with Crippen LogP contribution in [0.5, 0.6) is 0 Å². The van der Waals surface area contributed by atoms with Crippen molar-refractivity contribution in [2.24, 2.45) is 5.73 Å². The lowest BCUT2D eigenvalue weighted by molar-refractivity contribution is 0.960. The van der Waals surface area contributed by atoms with Gasteiger partial charge in [-0.1, -0.05) is 29.8 Å². The lowest BCUT2D eigenvalue weighted by Crippen LogP contribution is -2.02. The molecule has 0 unspecified atom stereocenters. The average Bonchev–Trinajstić information content (AvgIpc) is 2.79. The fourth-order valence-electron chi connectivity index (χ4n) is 2.22. The van der Waals surface area contributed by atoms with Crippen LogP contribution in [0.3, 0.4) is 0 Å². The number of halogens is 1. The number of hydrogen-bond donors (Lipinski definition) is 1. The minimum absolute atomic E-state index is 0.459. The highest BCUT2D eigenvalue weighted by atomic mass is 79.9. The monoisotopic (exact) mass is 315 g/mol. The van der Waals surface area contributed by atoms with Gasteiger partial charge in [0.25, 0.3) is 0 Å². The number of pyridine rings is 1. The molecule has 96 valence electrons. The fraction of sp³-hybridized carbons (Fsp3) is 0.133. The highest BCUT2D eigenvalue weighted by Gasteiger charge is 2.13. The molecule has 0 saturated carbocycles. The van der Waals surface area contributed by atoms with Crippen molar-refractivity contribution in [3.05, 3.63) is 58.3 Å². The van der Waals surface area contributed by atoms with Crippen LogP contribution in [0, 0.1) is 6.92 Å². The van der Waals surface area contributed by atoms with Crippen LogP contribution in [0.15, 0.2) is 47.1 Å². The average molecular weight is 316 g/mol. The Labute approximate surface area is 120 Å². The van der Waals surface area contributed by atoms with Gasteiger partial charge in [0.2, 0.25) is 0 Å². The third-order valence-electron chi connectivity index (χ3n) is 3.22. The van der Waals surface area contributed by atoms with Gasteiger partial charge in [0.1, 0.15) is 0 Å². The molecule has 3 aromatic rings. The van der Waals surface area contributed by atoms with E-state index in [0.29, 0.717) is 6.54 Å². The molecule has 0 saturated heterocycles. The van der Waals surface area contributed by atoms with Crippen LogP contribution in [-0.2, 0) is 6.54 Å². The van der Waals surface area contributed by atoms with Crippen molar-refractivity contribution >= 4 is 21.6 Å². The number of rotatable bonds is 2. The summed E-state index contributed by atoms with van der Waals surface area (Å²) in [4.78, 5) is 4.72. The lowest BCUT2D eigenvalue weighted by atomic mass is 10.1. The Kier molecular flexibility index (Phi) is 3.12. The first-order valence-corrected chi connectivity index (χ1v) is 6.92. The van der Waals surface area contributed by atoms with E-state index in [9.17, 15) is 0 Å².